The van der Waals surface area contributed by atoms with E-state index in [-0.39, 0.29) is 6.61 Å². The molecule has 0 aliphatic rings. The van der Waals surface area contributed by atoms with Crippen molar-refractivity contribution in [2.24, 2.45) is 0 Å². The molecule has 126 valence electrons. The second-order valence-corrected chi connectivity index (χ2v) is 5.61. The van der Waals surface area contributed by atoms with Gasteiger partial charge in [0.25, 0.3) is 0 Å². The van der Waals surface area contributed by atoms with Crippen LogP contribution in [-0.2, 0) is 6.54 Å². The van der Waals surface area contributed by atoms with Crippen molar-refractivity contribution in [2.75, 3.05) is 31.7 Å². The van der Waals surface area contributed by atoms with Crippen molar-refractivity contribution >= 4 is 16.9 Å². The van der Waals surface area contributed by atoms with Gasteiger partial charge in [0.2, 0.25) is 0 Å². The SMILES string of the molecule is Cc1cccc(OCCN(C)c2ncnc3c2cnn3CCO)c1. The van der Waals surface area contributed by atoms with Gasteiger partial charge in [0.15, 0.2) is 5.65 Å². The summed E-state index contributed by atoms with van der Waals surface area (Å²) in [5.41, 5.74) is 1.90. The molecule has 0 fully saturated rings. The zero-order valence-electron chi connectivity index (χ0n) is 13.9. The molecule has 0 amide bonds. The lowest BCUT2D eigenvalue weighted by Gasteiger charge is -2.19. The summed E-state index contributed by atoms with van der Waals surface area (Å²) in [5, 5.41) is 14.2. The predicted octanol–water partition coefficient (Wildman–Crippen LogP) is 1.64. The molecule has 0 unspecified atom stereocenters. The Kier molecular flexibility index (Phi) is 4.90. The Morgan fingerprint density at radius 2 is 2.17 bits per heavy atom. The van der Waals surface area contributed by atoms with Gasteiger partial charge >= 0.3 is 0 Å². The predicted molar refractivity (Wildman–Crippen MR) is 92.4 cm³/mol. The number of anilines is 1. The van der Waals surface area contributed by atoms with Crippen molar-refractivity contribution in [3.8, 4) is 5.75 Å². The van der Waals surface area contributed by atoms with Gasteiger partial charge in [-0.2, -0.15) is 5.10 Å². The molecule has 0 aliphatic carbocycles. The minimum absolute atomic E-state index is 0.0241. The Morgan fingerprint density at radius 1 is 1.29 bits per heavy atom. The molecular formula is C17H21N5O2. The Balaban J connectivity index is 1.68. The standard InChI is InChI=1S/C17H21N5O2/c1-13-4-3-5-14(10-13)24-9-7-21(2)16-15-11-20-22(6-8-23)17(15)19-12-18-16/h3-5,10-12,23H,6-9H2,1-2H3. The molecule has 0 aliphatic heterocycles. The number of aliphatic hydroxyl groups excluding tert-OH is 1. The maximum Gasteiger partial charge on any atom is 0.163 e. The fourth-order valence-corrected chi connectivity index (χ4v) is 2.55. The highest BCUT2D eigenvalue weighted by atomic mass is 16.5. The Bertz CT molecular complexity index is 818. The summed E-state index contributed by atoms with van der Waals surface area (Å²) >= 11 is 0. The van der Waals surface area contributed by atoms with Crippen molar-refractivity contribution < 1.29 is 9.84 Å². The van der Waals surface area contributed by atoms with Gasteiger partial charge in [-0.3, -0.25) is 0 Å². The molecule has 3 rings (SSSR count). The normalized spacial score (nSPS) is 11.0. The van der Waals surface area contributed by atoms with E-state index in [2.05, 4.69) is 15.1 Å². The average molecular weight is 327 g/mol. The summed E-state index contributed by atoms with van der Waals surface area (Å²) in [6, 6.07) is 8.00. The highest BCUT2D eigenvalue weighted by molar-refractivity contribution is 5.86. The second-order valence-electron chi connectivity index (χ2n) is 5.61. The number of rotatable bonds is 7. The fraction of sp³-hybridized carbons (Fsp3) is 0.353. The second kappa shape index (κ2) is 7.27. The van der Waals surface area contributed by atoms with E-state index < -0.39 is 0 Å². The first-order valence-electron chi connectivity index (χ1n) is 7.87. The lowest BCUT2D eigenvalue weighted by molar-refractivity contribution is 0.271. The molecule has 24 heavy (non-hydrogen) atoms. The van der Waals surface area contributed by atoms with E-state index in [4.69, 9.17) is 9.84 Å². The Hall–Kier alpha value is -2.67. The van der Waals surface area contributed by atoms with E-state index in [0.717, 1.165) is 22.6 Å². The van der Waals surface area contributed by atoms with Crippen LogP contribution in [0, 0.1) is 6.92 Å². The molecule has 0 bridgehead atoms. The van der Waals surface area contributed by atoms with Crippen molar-refractivity contribution in [3.63, 3.8) is 0 Å². The van der Waals surface area contributed by atoms with Gasteiger partial charge in [0.1, 0.15) is 24.5 Å². The number of fused-ring (bicyclic) bond motifs is 1. The third-order valence-corrected chi connectivity index (χ3v) is 3.77. The number of aliphatic hydroxyl groups is 1. The molecule has 3 aromatic rings. The van der Waals surface area contributed by atoms with Crippen LogP contribution >= 0.6 is 0 Å². The van der Waals surface area contributed by atoms with Crippen molar-refractivity contribution in [1.82, 2.24) is 19.7 Å². The summed E-state index contributed by atoms with van der Waals surface area (Å²) in [7, 11) is 1.96. The van der Waals surface area contributed by atoms with Crippen LogP contribution in [0.25, 0.3) is 11.0 Å². The molecule has 0 saturated carbocycles. The summed E-state index contributed by atoms with van der Waals surface area (Å²) < 4.78 is 7.47. The molecule has 0 spiro atoms. The molecule has 1 N–H and O–H groups in total. The molecule has 0 saturated heterocycles. The van der Waals surface area contributed by atoms with Crippen LogP contribution in [0.1, 0.15) is 5.56 Å². The van der Waals surface area contributed by atoms with E-state index in [1.165, 1.54) is 11.9 Å². The highest BCUT2D eigenvalue weighted by Gasteiger charge is 2.12. The van der Waals surface area contributed by atoms with Gasteiger partial charge in [-0.1, -0.05) is 12.1 Å². The van der Waals surface area contributed by atoms with E-state index >= 15 is 0 Å². The maximum atomic E-state index is 9.09. The molecule has 7 heteroatoms. The van der Waals surface area contributed by atoms with E-state index in [9.17, 15) is 0 Å². The molecule has 7 nitrogen and oxygen atoms in total. The first kappa shape index (κ1) is 16.2. The summed E-state index contributed by atoms with van der Waals surface area (Å²) in [6.07, 6.45) is 3.25. The monoisotopic (exact) mass is 327 g/mol. The van der Waals surface area contributed by atoms with E-state index in [1.54, 1.807) is 10.9 Å². The van der Waals surface area contributed by atoms with E-state index in [0.29, 0.717) is 19.7 Å². The Labute approximate surface area is 140 Å². The average Bonchev–Trinajstić information content (AvgIpc) is 2.98. The van der Waals surface area contributed by atoms with Crippen molar-refractivity contribution in [3.05, 3.63) is 42.4 Å². The van der Waals surface area contributed by atoms with Gasteiger partial charge in [-0.15, -0.1) is 0 Å². The van der Waals surface area contributed by atoms with Crippen LogP contribution in [0.3, 0.4) is 0 Å². The van der Waals surface area contributed by atoms with Crippen LogP contribution in [0.15, 0.2) is 36.8 Å². The molecule has 1 aromatic carbocycles. The smallest absolute Gasteiger partial charge is 0.163 e. The van der Waals surface area contributed by atoms with Gasteiger partial charge < -0.3 is 14.7 Å². The molecule has 2 aromatic heterocycles. The van der Waals surface area contributed by atoms with Crippen molar-refractivity contribution in [2.45, 2.75) is 13.5 Å². The first-order valence-corrected chi connectivity index (χ1v) is 7.87. The van der Waals surface area contributed by atoms with Gasteiger partial charge in [0, 0.05) is 7.05 Å². The number of benzene rings is 1. The quantitative estimate of drug-likeness (QED) is 0.711. The molecule has 2 heterocycles. The van der Waals surface area contributed by atoms with Gasteiger partial charge in [0.05, 0.1) is 31.3 Å². The third-order valence-electron chi connectivity index (χ3n) is 3.77. The number of hydrogen-bond donors (Lipinski definition) is 1. The summed E-state index contributed by atoms with van der Waals surface area (Å²) in [6.45, 7) is 3.72. The van der Waals surface area contributed by atoms with Gasteiger partial charge in [-0.25, -0.2) is 14.6 Å². The maximum absolute atomic E-state index is 9.09. The van der Waals surface area contributed by atoms with E-state index in [1.807, 2.05) is 43.1 Å². The number of aryl methyl sites for hydroxylation is 1. The number of aromatic nitrogens is 4. The first-order chi connectivity index (χ1) is 11.7. The number of likely N-dealkylation sites (N-methyl/N-ethyl adjacent to an activating group) is 1. The zero-order chi connectivity index (χ0) is 16.9. The van der Waals surface area contributed by atoms with Crippen LogP contribution in [0.5, 0.6) is 5.75 Å². The number of hydrogen-bond acceptors (Lipinski definition) is 6. The van der Waals surface area contributed by atoms with Crippen LogP contribution < -0.4 is 9.64 Å². The minimum atomic E-state index is 0.0241. The highest BCUT2D eigenvalue weighted by Crippen LogP contribution is 2.21. The van der Waals surface area contributed by atoms with Crippen molar-refractivity contribution in [1.29, 1.82) is 0 Å². The van der Waals surface area contributed by atoms with Crippen LogP contribution in [0.2, 0.25) is 0 Å². The Morgan fingerprint density at radius 3 is 2.96 bits per heavy atom. The number of nitrogens with zero attached hydrogens (tertiary/aromatic N) is 5. The molecular weight excluding hydrogens is 306 g/mol. The lowest BCUT2D eigenvalue weighted by atomic mass is 10.2. The van der Waals surface area contributed by atoms with Crippen LogP contribution in [-0.4, -0.2) is 51.7 Å². The third kappa shape index (κ3) is 3.46. The topological polar surface area (TPSA) is 76.3 Å². The fourth-order valence-electron chi connectivity index (χ4n) is 2.55. The summed E-state index contributed by atoms with van der Waals surface area (Å²) in [4.78, 5) is 10.6. The van der Waals surface area contributed by atoms with Gasteiger partial charge in [-0.05, 0) is 24.6 Å². The summed E-state index contributed by atoms with van der Waals surface area (Å²) in [5.74, 6) is 1.67. The zero-order valence-corrected chi connectivity index (χ0v) is 13.9. The van der Waals surface area contributed by atoms with Crippen LogP contribution in [0.4, 0.5) is 5.82 Å². The minimum Gasteiger partial charge on any atom is -0.492 e. The number of ether oxygens (including phenoxy) is 1. The lowest BCUT2D eigenvalue weighted by Crippen LogP contribution is -2.25. The largest absolute Gasteiger partial charge is 0.492 e. The molecule has 0 radical (unpaired) electrons. The molecule has 0 atom stereocenters.